The Hall–Kier alpha value is -1.40. The molecule has 0 aliphatic heterocycles. The average molecular weight is 241 g/mol. The molecule has 0 saturated heterocycles. The van der Waals surface area contributed by atoms with Crippen LogP contribution >= 0.6 is 0 Å². The van der Waals surface area contributed by atoms with Crippen LogP contribution < -0.4 is 0 Å². The van der Waals surface area contributed by atoms with Gasteiger partial charge < -0.3 is 4.42 Å². The predicted octanol–water partition coefficient (Wildman–Crippen LogP) is 1.61. The minimum absolute atomic E-state index is 0.00845. The van der Waals surface area contributed by atoms with Gasteiger partial charge in [0.2, 0.25) is 0 Å². The lowest BCUT2D eigenvalue weighted by Crippen LogP contribution is -2.02. The first-order valence-electron chi connectivity index (χ1n) is 4.64. The molecule has 1 aromatic carbocycles. The SMILES string of the molecule is Cc1nc2ccc(COS(C)(=O)=O)cc2o1. The van der Waals surface area contributed by atoms with Crippen molar-refractivity contribution < 1.29 is 17.0 Å². The van der Waals surface area contributed by atoms with Gasteiger partial charge in [0.25, 0.3) is 10.1 Å². The molecule has 6 heteroatoms. The molecule has 5 nitrogen and oxygen atoms in total. The Morgan fingerprint density at radius 3 is 2.88 bits per heavy atom. The zero-order valence-electron chi connectivity index (χ0n) is 8.93. The number of aryl methyl sites for hydroxylation is 1. The van der Waals surface area contributed by atoms with Gasteiger partial charge in [0.15, 0.2) is 11.5 Å². The Bertz CT molecular complexity index is 615. The Morgan fingerprint density at radius 2 is 2.19 bits per heavy atom. The summed E-state index contributed by atoms with van der Waals surface area (Å²) in [5.74, 6) is 0.580. The van der Waals surface area contributed by atoms with Crippen LogP contribution in [0.4, 0.5) is 0 Å². The van der Waals surface area contributed by atoms with Gasteiger partial charge in [0.1, 0.15) is 5.52 Å². The van der Waals surface area contributed by atoms with E-state index in [1.54, 1.807) is 25.1 Å². The first kappa shape index (κ1) is 11.1. The topological polar surface area (TPSA) is 69.4 Å². The third kappa shape index (κ3) is 2.59. The Kier molecular flexibility index (Phi) is 2.69. The van der Waals surface area contributed by atoms with Crippen molar-refractivity contribution in [2.75, 3.05) is 6.26 Å². The quantitative estimate of drug-likeness (QED) is 0.763. The highest BCUT2D eigenvalue weighted by molar-refractivity contribution is 7.85. The second-order valence-electron chi connectivity index (χ2n) is 3.50. The second-order valence-corrected chi connectivity index (χ2v) is 5.15. The van der Waals surface area contributed by atoms with Crippen molar-refractivity contribution in [3.05, 3.63) is 29.7 Å². The van der Waals surface area contributed by atoms with Crippen LogP contribution in [-0.2, 0) is 20.9 Å². The molecule has 0 aliphatic carbocycles. The number of benzene rings is 1. The zero-order chi connectivity index (χ0) is 11.8. The van der Waals surface area contributed by atoms with Crippen LogP contribution in [0.2, 0.25) is 0 Å². The zero-order valence-corrected chi connectivity index (χ0v) is 9.74. The number of hydrogen-bond acceptors (Lipinski definition) is 5. The summed E-state index contributed by atoms with van der Waals surface area (Å²) < 4.78 is 31.6. The molecule has 0 fully saturated rings. The third-order valence-electron chi connectivity index (χ3n) is 2.00. The molecule has 16 heavy (non-hydrogen) atoms. The summed E-state index contributed by atoms with van der Waals surface area (Å²) in [7, 11) is -3.42. The van der Waals surface area contributed by atoms with E-state index in [0.717, 1.165) is 17.3 Å². The van der Waals surface area contributed by atoms with E-state index in [0.29, 0.717) is 11.5 Å². The molecular formula is C10H11NO4S. The normalized spacial score (nSPS) is 12.1. The van der Waals surface area contributed by atoms with Gasteiger partial charge in [-0.25, -0.2) is 4.98 Å². The summed E-state index contributed by atoms with van der Waals surface area (Å²) in [5.41, 5.74) is 2.11. The molecular weight excluding hydrogens is 230 g/mol. The molecule has 0 bridgehead atoms. The largest absolute Gasteiger partial charge is 0.441 e. The monoisotopic (exact) mass is 241 g/mol. The lowest BCUT2D eigenvalue weighted by atomic mass is 10.2. The Balaban J connectivity index is 2.25. The Morgan fingerprint density at radius 1 is 1.44 bits per heavy atom. The first-order chi connectivity index (χ1) is 7.44. The van der Waals surface area contributed by atoms with Crippen molar-refractivity contribution in [1.82, 2.24) is 4.98 Å². The molecule has 1 heterocycles. The smallest absolute Gasteiger partial charge is 0.264 e. The third-order valence-corrected chi connectivity index (χ3v) is 2.55. The van der Waals surface area contributed by atoms with Crippen molar-refractivity contribution in [3.63, 3.8) is 0 Å². The van der Waals surface area contributed by atoms with E-state index in [2.05, 4.69) is 9.17 Å². The summed E-state index contributed by atoms with van der Waals surface area (Å²) in [6, 6.07) is 5.25. The van der Waals surface area contributed by atoms with Crippen molar-refractivity contribution >= 4 is 21.2 Å². The van der Waals surface area contributed by atoms with E-state index in [-0.39, 0.29) is 6.61 Å². The van der Waals surface area contributed by atoms with Crippen molar-refractivity contribution in [1.29, 1.82) is 0 Å². The fourth-order valence-corrected chi connectivity index (χ4v) is 1.70. The van der Waals surface area contributed by atoms with Gasteiger partial charge in [-0.3, -0.25) is 4.18 Å². The number of aromatic nitrogens is 1. The maximum absolute atomic E-state index is 10.8. The van der Waals surface area contributed by atoms with E-state index in [9.17, 15) is 8.42 Å². The second kappa shape index (κ2) is 3.88. The molecule has 0 atom stereocenters. The molecule has 0 N–H and O–H groups in total. The molecule has 2 rings (SSSR count). The maximum atomic E-state index is 10.8. The van der Waals surface area contributed by atoms with Gasteiger partial charge in [-0.2, -0.15) is 8.42 Å². The highest BCUT2D eigenvalue weighted by Gasteiger charge is 2.06. The van der Waals surface area contributed by atoms with Gasteiger partial charge in [-0.15, -0.1) is 0 Å². The van der Waals surface area contributed by atoms with Gasteiger partial charge in [0.05, 0.1) is 12.9 Å². The van der Waals surface area contributed by atoms with Crippen LogP contribution in [0.5, 0.6) is 0 Å². The number of hydrogen-bond donors (Lipinski definition) is 0. The van der Waals surface area contributed by atoms with Gasteiger partial charge in [-0.1, -0.05) is 6.07 Å². The maximum Gasteiger partial charge on any atom is 0.264 e. The van der Waals surface area contributed by atoms with Crippen LogP contribution in [0, 0.1) is 6.92 Å². The van der Waals surface area contributed by atoms with Crippen molar-refractivity contribution in [3.8, 4) is 0 Å². The fourth-order valence-electron chi connectivity index (χ4n) is 1.35. The predicted molar refractivity (Wildman–Crippen MR) is 58.4 cm³/mol. The van der Waals surface area contributed by atoms with E-state index in [1.165, 1.54) is 0 Å². The number of oxazole rings is 1. The van der Waals surface area contributed by atoms with Gasteiger partial charge in [-0.05, 0) is 17.7 Å². The van der Waals surface area contributed by atoms with E-state index >= 15 is 0 Å². The van der Waals surface area contributed by atoms with E-state index in [4.69, 9.17) is 4.42 Å². The number of fused-ring (bicyclic) bond motifs is 1. The lowest BCUT2D eigenvalue weighted by molar-refractivity contribution is 0.311. The molecule has 0 amide bonds. The summed E-state index contributed by atoms with van der Waals surface area (Å²) in [5, 5.41) is 0. The lowest BCUT2D eigenvalue weighted by Gasteiger charge is -2.00. The summed E-state index contributed by atoms with van der Waals surface area (Å²) in [4.78, 5) is 4.14. The summed E-state index contributed by atoms with van der Waals surface area (Å²) in [6.45, 7) is 1.77. The summed E-state index contributed by atoms with van der Waals surface area (Å²) in [6.07, 6.45) is 1.02. The van der Waals surface area contributed by atoms with Gasteiger partial charge in [0, 0.05) is 6.92 Å². The highest BCUT2D eigenvalue weighted by Crippen LogP contribution is 2.17. The average Bonchev–Trinajstić information content (AvgIpc) is 2.52. The van der Waals surface area contributed by atoms with E-state index < -0.39 is 10.1 Å². The summed E-state index contributed by atoms with van der Waals surface area (Å²) >= 11 is 0. The Labute approximate surface area is 93.2 Å². The molecule has 1 aromatic heterocycles. The molecule has 0 unspecified atom stereocenters. The fraction of sp³-hybridized carbons (Fsp3) is 0.300. The van der Waals surface area contributed by atoms with E-state index in [1.807, 2.05) is 0 Å². The molecule has 0 spiro atoms. The van der Waals surface area contributed by atoms with Crippen molar-refractivity contribution in [2.24, 2.45) is 0 Å². The number of rotatable bonds is 3. The highest BCUT2D eigenvalue weighted by atomic mass is 32.2. The molecule has 2 aromatic rings. The van der Waals surface area contributed by atoms with Gasteiger partial charge >= 0.3 is 0 Å². The van der Waals surface area contributed by atoms with Crippen LogP contribution in [0.25, 0.3) is 11.1 Å². The first-order valence-corrected chi connectivity index (χ1v) is 6.46. The molecule has 0 saturated carbocycles. The molecule has 86 valence electrons. The minimum atomic E-state index is -3.42. The minimum Gasteiger partial charge on any atom is -0.441 e. The van der Waals surface area contributed by atoms with Crippen molar-refractivity contribution in [2.45, 2.75) is 13.5 Å². The van der Waals surface area contributed by atoms with Crippen LogP contribution in [0.3, 0.4) is 0 Å². The molecule has 0 aliphatic rings. The molecule has 0 radical (unpaired) electrons. The van der Waals surface area contributed by atoms with Crippen LogP contribution in [0.15, 0.2) is 22.6 Å². The number of nitrogens with zero attached hydrogens (tertiary/aromatic N) is 1. The van der Waals surface area contributed by atoms with Crippen LogP contribution in [-0.4, -0.2) is 19.7 Å². The standard InChI is InChI=1S/C10H11NO4S/c1-7-11-9-4-3-8(5-10(9)15-7)6-14-16(2,12)13/h3-5H,6H2,1-2H3. The van der Waals surface area contributed by atoms with Crippen LogP contribution in [0.1, 0.15) is 11.5 Å².